The Bertz CT molecular complexity index is 971. The molecule has 0 saturated carbocycles. The van der Waals surface area contributed by atoms with Crippen LogP contribution in [0.5, 0.6) is 11.5 Å². The molecular weight excluding hydrogens is 406 g/mol. The zero-order valence-electron chi connectivity index (χ0n) is 18.3. The summed E-state index contributed by atoms with van der Waals surface area (Å²) in [4.78, 5) is 24.0. The summed E-state index contributed by atoms with van der Waals surface area (Å²) >= 11 is 6.45. The first-order valence-corrected chi connectivity index (χ1v) is 9.91. The molecule has 0 aliphatic carbocycles. The molecule has 0 spiro atoms. The lowest BCUT2D eigenvalue weighted by atomic mass is 10.1. The molecule has 2 aromatic carbocycles. The Morgan fingerprint density at radius 3 is 2.07 bits per heavy atom. The summed E-state index contributed by atoms with van der Waals surface area (Å²) in [6.45, 7) is 13.0. The fourth-order valence-electron chi connectivity index (χ4n) is 2.69. The minimum Gasteiger partial charge on any atom is -0.484 e. The Balaban J connectivity index is 2.40. The molecule has 0 aliphatic rings. The number of aromatic carboxylic acids is 1. The van der Waals surface area contributed by atoms with Gasteiger partial charge in [0.25, 0.3) is 5.91 Å². The summed E-state index contributed by atoms with van der Waals surface area (Å²) in [5.74, 6) is -0.680. The van der Waals surface area contributed by atoms with Crippen molar-refractivity contribution in [3.05, 3.63) is 52.0 Å². The first kappa shape index (κ1) is 23.5. The number of hydrogen-bond acceptors (Lipinski definition) is 4. The predicted octanol–water partition coefficient (Wildman–Crippen LogP) is 5.95. The molecule has 162 valence electrons. The third kappa shape index (κ3) is 6.39. The molecule has 2 aromatic rings. The summed E-state index contributed by atoms with van der Waals surface area (Å²) in [5.41, 5.74) is 0.461. The number of ether oxygens (including phenoxy) is 2. The lowest BCUT2D eigenvalue weighted by Gasteiger charge is -2.28. The molecule has 0 aromatic heterocycles. The normalized spacial score (nSPS) is 11.7. The zero-order chi connectivity index (χ0) is 22.9. The lowest BCUT2D eigenvalue weighted by molar-refractivity contribution is 0.0696. The number of carbonyl (C=O) groups is 2. The highest BCUT2D eigenvalue weighted by molar-refractivity contribution is 6.32. The number of nitrogens with one attached hydrogen (secondary N) is 1. The molecular formula is C23H28ClNO5. The molecule has 0 heterocycles. The number of benzene rings is 2. The first-order chi connectivity index (χ1) is 13.7. The van der Waals surface area contributed by atoms with Crippen LogP contribution in [0.1, 0.15) is 67.8 Å². The summed E-state index contributed by atoms with van der Waals surface area (Å²) in [6, 6.07) is 7.71. The van der Waals surface area contributed by atoms with E-state index in [1.165, 1.54) is 12.1 Å². The topological polar surface area (TPSA) is 84.9 Å². The van der Waals surface area contributed by atoms with Crippen molar-refractivity contribution >= 4 is 29.2 Å². The van der Waals surface area contributed by atoms with Crippen molar-refractivity contribution in [1.82, 2.24) is 0 Å². The lowest BCUT2D eigenvalue weighted by Crippen LogP contribution is -2.27. The third-order valence-electron chi connectivity index (χ3n) is 3.81. The number of carboxylic acids is 1. The second-order valence-electron chi connectivity index (χ2n) is 9.00. The average molecular weight is 434 g/mol. The van der Waals surface area contributed by atoms with Gasteiger partial charge >= 0.3 is 5.97 Å². The molecule has 1 amide bonds. The van der Waals surface area contributed by atoms with E-state index in [0.717, 1.165) is 0 Å². The number of hydrogen-bond donors (Lipinski definition) is 2. The van der Waals surface area contributed by atoms with Crippen LogP contribution in [0, 0.1) is 6.92 Å². The van der Waals surface area contributed by atoms with E-state index in [-0.39, 0.29) is 10.6 Å². The van der Waals surface area contributed by atoms with E-state index in [1.54, 1.807) is 25.1 Å². The minimum absolute atomic E-state index is 0.181. The number of rotatable bonds is 5. The fourth-order valence-corrected chi connectivity index (χ4v) is 2.94. The molecule has 0 unspecified atom stereocenters. The van der Waals surface area contributed by atoms with E-state index < -0.39 is 23.1 Å². The Labute approximate surface area is 182 Å². The van der Waals surface area contributed by atoms with Crippen LogP contribution in [0.4, 0.5) is 5.69 Å². The van der Waals surface area contributed by atoms with Crippen LogP contribution >= 0.6 is 11.6 Å². The van der Waals surface area contributed by atoms with Gasteiger partial charge in [0.05, 0.1) is 10.6 Å². The van der Waals surface area contributed by atoms with Crippen LogP contribution in [-0.4, -0.2) is 28.2 Å². The number of carboxylic acid groups (broad SMARTS) is 1. The van der Waals surface area contributed by atoms with Gasteiger partial charge in [0.2, 0.25) is 0 Å². The third-order valence-corrected chi connectivity index (χ3v) is 4.09. The molecule has 7 heteroatoms. The van der Waals surface area contributed by atoms with Crippen LogP contribution in [0.3, 0.4) is 0 Å². The van der Waals surface area contributed by atoms with Crippen LogP contribution in [0.25, 0.3) is 0 Å². The Morgan fingerprint density at radius 1 is 0.967 bits per heavy atom. The van der Waals surface area contributed by atoms with Gasteiger partial charge in [0, 0.05) is 11.3 Å². The Kier molecular flexibility index (Phi) is 6.72. The van der Waals surface area contributed by atoms with Gasteiger partial charge in [-0.25, -0.2) is 4.79 Å². The summed E-state index contributed by atoms with van der Waals surface area (Å²) in [7, 11) is 0. The van der Waals surface area contributed by atoms with Crippen molar-refractivity contribution in [1.29, 1.82) is 0 Å². The van der Waals surface area contributed by atoms with Gasteiger partial charge in [-0.2, -0.15) is 0 Å². The minimum atomic E-state index is -1.02. The van der Waals surface area contributed by atoms with Gasteiger partial charge in [-0.05, 0) is 84.4 Å². The number of anilines is 1. The Hall–Kier alpha value is -2.73. The molecule has 2 rings (SSSR count). The van der Waals surface area contributed by atoms with Crippen LogP contribution in [0.2, 0.25) is 5.02 Å². The zero-order valence-corrected chi connectivity index (χ0v) is 19.1. The summed E-state index contributed by atoms with van der Waals surface area (Å²) in [5, 5.41) is 12.2. The number of amides is 1. The van der Waals surface area contributed by atoms with E-state index >= 15 is 0 Å². The Morgan fingerprint density at radius 2 is 1.57 bits per heavy atom. The van der Waals surface area contributed by atoms with Crippen LogP contribution in [-0.2, 0) is 0 Å². The van der Waals surface area contributed by atoms with E-state index in [4.69, 9.17) is 26.2 Å². The van der Waals surface area contributed by atoms with Crippen molar-refractivity contribution < 1.29 is 24.2 Å². The monoisotopic (exact) mass is 433 g/mol. The van der Waals surface area contributed by atoms with Crippen LogP contribution in [0.15, 0.2) is 30.3 Å². The molecule has 0 atom stereocenters. The fraction of sp³-hybridized carbons (Fsp3) is 0.391. The molecule has 2 N–H and O–H groups in total. The number of carbonyl (C=O) groups excluding carboxylic acids is 1. The SMILES string of the molecule is Cc1cc(NC(=O)c2cc(Cl)c(OC(C)(C)C)c(OC(C)(C)C)c2)ccc1C(=O)O. The first-order valence-electron chi connectivity index (χ1n) is 9.53. The highest BCUT2D eigenvalue weighted by Crippen LogP contribution is 2.40. The number of halogens is 1. The summed E-state index contributed by atoms with van der Waals surface area (Å²) in [6.07, 6.45) is 0. The average Bonchev–Trinajstić information content (AvgIpc) is 2.55. The molecule has 0 saturated heterocycles. The second-order valence-corrected chi connectivity index (χ2v) is 9.41. The van der Waals surface area contributed by atoms with Gasteiger partial charge in [-0.1, -0.05) is 11.6 Å². The van der Waals surface area contributed by atoms with E-state index in [0.29, 0.717) is 28.3 Å². The van der Waals surface area contributed by atoms with Gasteiger partial charge in [-0.15, -0.1) is 0 Å². The maximum Gasteiger partial charge on any atom is 0.335 e. The van der Waals surface area contributed by atoms with Gasteiger partial charge in [0.15, 0.2) is 11.5 Å². The van der Waals surface area contributed by atoms with E-state index in [1.807, 2.05) is 41.5 Å². The molecule has 30 heavy (non-hydrogen) atoms. The van der Waals surface area contributed by atoms with Crippen molar-refractivity contribution in [2.45, 2.75) is 59.7 Å². The quantitative estimate of drug-likeness (QED) is 0.608. The molecule has 0 radical (unpaired) electrons. The van der Waals surface area contributed by atoms with Gasteiger partial charge in [-0.3, -0.25) is 4.79 Å². The highest BCUT2D eigenvalue weighted by Gasteiger charge is 2.24. The largest absolute Gasteiger partial charge is 0.484 e. The molecule has 0 bridgehead atoms. The predicted molar refractivity (Wildman–Crippen MR) is 118 cm³/mol. The second kappa shape index (κ2) is 8.56. The molecule has 6 nitrogen and oxygen atoms in total. The maximum absolute atomic E-state index is 12.8. The van der Waals surface area contributed by atoms with Crippen LogP contribution < -0.4 is 14.8 Å². The maximum atomic E-state index is 12.8. The standard InChI is InChI=1S/C23H28ClNO5/c1-13-10-15(8-9-16(13)21(27)28)25-20(26)14-11-17(24)19(30-23(5,6)7)18(12-14)29-22(2,3)4/h8-12H,1-7H3,(H,25,26)(H,27,28). The van der Waals surface area contributed by atoms with Crippen molar-refractivity contribution in [3.63, 3.8) is 0 Å². The summed E-state index contributed by atoms with van der Waals surface area (Å²) < 4.78 is 12.0. The van der Waals surface area contributed by atoms with E-state index in [2.05, 4.69) is 5.32 Å². The van der Waals surface area contributed by atoms with Crippen molar-refractivity contribution in [3.8, 4) is 11.5 Å². The van der Waals surface area contributed by atoms with Crippen molar-refractivity contribution in [2.24, 2.45) is 0 Å². The van der Waals surface area contributed by atoms with Crippen molar-refractivity contribution in [2.75, 3.05) is 5.32 Å². The van der Waals surface area contributed by atoms with E-state index in [9.17, 15) is 9.59 Å². The molecule has 0 fully saturated rings. The highest BCUT2D eigenvalue weighted by atomic mass is 35.5. The smallest absolute Gasteiger partial charge is 0.335 e. The van der Waals surface area contributed by atoms with Gasteiger partial charge < -0.3 is 19.9 Å². The molecule has 0 aliphatic heterocycles. The number of aryl methyl sites for hydroxylation is 1. The van der Waals surface area contributed by atoms with Gasteiger partial charge in [0.1, 0.15) is 11.2 Å².